The molecule has 0 spiro atoms. The summed E-state index contributed by atoms with van der Waals surface area (Å²) in [7, 11) is 1.55. The second-order valence-corrected chi connectivity index (χ2v) is 5.86. The number of methoxy groups -OCH3 is 1. The number of carbonyl (C=O) groups is 1. The maximum atomic E-state index is 12.9. The van der Waals surface area contributed by atoms with E-state index in [0.717, 1.165) is 17.2 Å². The molecule has 1 aliphatic carbocycles. The van der Waals surface area contributed by atoms with E-state index in [0.29, 0.717) is 30.4 Å². The van der Waals surface area contributed by atoms with Crippen molar-refractivity contribution in [2.75, 3.05) is 12.4 Å². The summed E-state index contributed by atoms with van der Waals surface area (Å²) >= 11 is 0. The van der Waals surface area contributed by atoms with Gasteiger partial charge in [0.2, 0.25) is 11.8 Å². The van der Waals surface area contributed by atoms with Gasteiger partial charge in [0.1, 0.15) is 11.2 Å². The number of benzene rings is 1. The average molecular weight is 324 g/mol. The van der Waals surface area contributed by atoms with Gasteiger partial charge >= 0.3 is 0 Å². The van der Waals surface area contributed by atoms with Crippen molar-refractivity contribution in [1.29, 1.82) is 0 Å². The Balaban J connectivity index is 1.72. The number of aromatic amines is 1. The number of amides is 1. The lowest BCUT2D eigenvalue weighted by molar-refractivity contribution is -0.124. The molecule has 1 aliphatic rings. The van der Waals surface area contributed by atoms with Crippen LogP contribution in [-0.4, -0.2) is 38.6 Å². The molecule has 1 saturated carbocycles. The topological polar surface area (TPSA) is 106 Å². The number of H-pyrrole nitrogens is 1. The van der Waals surface area contributed by atoms with Crippen molar-refractivity contribution in [2.24, 2.45) is 0 Å². The van der Waals surface area contributed by atoms with Crippen molar-refractivity contribution in [3.8, 4) is 5.88 Å². The Bertz CT molecular complexity index is 889. The van der Waals surface area contributed by atoms with Gasteiger partial charge in [-0.05, 0) is 18.2 Å². The molecule has 0 atom stereocenters. The van der Waals surface area contributed by atoms with Crippen LogP contribution in [0.15, 0.2) is 30.3 Å². The fourth-order valence-electron chi connectivity index (χ4n) is 3.05. The first-order valence-corrected chi connectivity index (χ1v) is 7.72. The standard InChI is InChI=1S/C16H16N6O2/c1-24-12-9-10-5-2-3-6-11(10)13(17-12)18-15(23)16(7-4-8-16)14-19-21-22-20-14/h2-3,5-6,9H,4,7-8H2,1H3,(H,17,18,23)(H,19,20,21,22). The van der Waals surface area contributed by atoms with Crippen molar-refractivity contribution >= 4 is 22.5 Å². The van der Waals surface area contributed by atoms with Gasteiger partial charge in [-0.1, -0.05) is 35.9 Å². The lowest BCUT2D eigenvalue weighted by atomic mass is 9.67. The lowest BCUT2D eigenvalue weighted by Crippen LogP contribution is -2.47. The van der Waals surface area contributed by atoms with Crippen molar-refractivity contribution < 1.29 is 9.53 Å². The van der Waals surface area contributed by atoms with Crippen LogP contribution in [0.25, 0.3) is 10.8 Å². The Morgan fingerprint density at radius 1 is 1.33 bits per heavy atom. The molecule has 2 aromatic heterocycles. The summed E-state index contributed by atoms with van der Waals surface area (Å²) in [5.74, 6) is 1.19. The van der Waals surface area contributed by atoms with Crippen LogP contribution in [0.4, 0.5) is 5.82 Å². The highest BCUT2D eigenvalue weighted by molar-refractivity contribution is 6.04. The summed E-state index contributed by atoms with van der Waals surface area (Å²) in [5.41, 5.74) is -0.737. The van der Waals surface area contributed by atoms with Crippen LogP contribution in [0.5, 0.6) is 5.88 Å². The second-order valence-electron chi connectivity index (χ2n) is 5.86. The van der Waals surface area contributed by atoms with Gasteiger partial charge in [-0.15, -0.1) is 10.2 Å². The predicted molar refractivity (Wildman–Crippen MR) is 86.6 cm³/mol. The molecule has 1 aromatic carbocycles. The minimum absolute atomic E-state index is 0.166. The highest BCUT2D eigenvalue weighted by Gasteiger charge is 2.49. The molecule has 8 heteroatoms. The zero-order chi connectivity index (χ0) is 16.6. The van der Waals surface area contributed by atoms with Gasteiger partial charge in [-0.3, -0.25) is 4.79 Å². The van der Waals surface area contributed by atoms with Crippen LogP contribution in [0.3, 0.4) is 0 Å². The summed E-state index contributed by atoms with van der Waals surface area (Å²) in [5, 5.41) is 18.8. The van der Waals surface area contributed by atoms with Crippen LogP contribution in [0.1, 0.15) is 25.1 Å². The number of ether oxygens (including phenoxy) is 1. The Morgan fingerprint density at radius 2 is 2.17 bits per heavy atom. The Labute approximate surface area is 137 Å². The smallest absolute Gasteiger partial charge is 0.239 e. The predicted octanol–water partition coefficient (Wildman–Crippen LogP) is 1.82. The molecule has 3 aromatic rings. The molecule has 1 fully saturated rings. The number of tetrazole rings is 1. The summed E-state index contributed by atoms with van der Waals surface area (Å²) in [6.07, 6.45) is 2.34. The normalized spacial score (nSPS) is 15.7. The molecule has 2 N–H and O–H groups in total. The van der Waals surface area contributed by atoms with E-state index in [1.807, 2.05) is 30.3 Å². The van der Waals surface area contributed by atoms with Crippen molar-refractivity contribution in [1.82, 2.24) is 25.6 Å². The van der Waals surface area contributed by atoms with E-state index in [4.69, 9.17) is 4.74 Å². The van der Waals surface area contributed by atoms with Gasteiger partial charge < -0.3 is 10.1 Å². The SMILES string of the molecule is COc1cc2ccccc2c(NC(=O)C2(c3nn[nH]n3)CCC2)n1. The molecule has 0 unspecified atom stereocenters. The number of carbonyl (C=O) groups excluding carboxylic acids is 1. The van der Waals surface area contributed by atoms with Crippen molar-refractivity contribution in [3.63, 3.8) is 0 Å². The first-order chi connectivity index (χ1) is 11.7. The van der Waals surface area contributed by atoms with Gasteiger partial charge in [0.05, 0.1) is 7.11 Å². The quantitative estimate of drug-likeness (QED) is 0.758. The van der Waals surface area contributed by atoms with Gasteiger partial charge in [0, 0.05) is 11.5 Å². The van der Waals surface area contributed by atoms with E-state index in [1.54, 1.807) is 7.11 Å². The molecule has 0 saturated heterocycles. The number of hydrogen-bond donors (Lipinski definition) is 2. The Hall–Kier alpha value is -3.03. The first-order valence-electron chi connectivity index (χ1n) is 7.72. The Kier molecular flexibility index (Phi) is 3.37. The third-order valence-corrected chi connectivity index (χ3v) is 4.57. The minimum Gasteiger partial charge on any atom is -0.481 e. The molecule has 0 aliphatic heterocycles. The molecule has 1 amide bonds. The summed E-state index contributed by atoms with van der Waals surface area (Å²) in [6.45, 7) is 0. The largest absolute Gasteiger partial charge is 0.481 e. The lowest BCUT2D eigenvalue weighted by Gasteiger charge is -2.37. The van der Waals surface area contributed by atoms with Crippen LogP contribution in [0, 0.1) is 0 Å². The van der Waals surface area contributed by atoms with Gasteiger partial charge in [-0.25, -0.2) is 0 Å². The third kappa shape index (κ3) is 2.18. The maximum absolute atomic E-state index is 12.9. The number of hydrogen-bond acceptors (Lipinski definition) is 6. The van der Waals surface area contributed by atoms with E-state index in [2.05, 4.69) is 30.9 Å². The number of nitrogens with zero attached hydrogens (tertiary/aromatic N) is 4. The molecule has 122 valence electrons. The molecule has 2 heterocycles. The monoisotopic (exact) mass is 324 g/mol. The number of anilines is 1. The number of pyridine rings is 1. The van der Waals surface area contributed by atoms with Crippen molar-refractivity contribution in [3.05, 3.63) is 36.2 Å². The van der Waals surface area contributed by atoms with Crippen molar-refractivity contribution in [2.45, 2.75) is 24.7 Å². The van der Waals surface area contributed by atoms with Crippen LogP contribution < -0.4 is 10.1 Å². The number of aromatic nitrogens is 5. The molecule has 4 rings (SSSR count). The summed E-state index contributed by atoms with van der Waals surface area (Å²) in [6, 6.07) is 9.54. The minimum atomic E-state index is -0.737. The molecule has 8 nitrogen and oxygen atoms in total. The highest BCUT2D eigenvalue weighted by atomic mass is 16.5. The van der Waals surface area contributed by atoms with Crippen LogP contribution >= 0.6 is 0 Å². The highest BCUT2D eigenvalue weighted by Crippen LogP contribution is 2.43. The van der Waals surface area contributed by atoms with Crippen LogP contribution in [0.2, 0.25) is 0 Å². The number of fused-ring (bicyclic) bond motifs is 1. The zero-order valence-electron chi connectivity index (χ0n) is 13.1. The summed E-state index contributed by atoms with van der Waals surface area (Å²) in [4.78, 5) is 17.3. The third-order valence-electron chi connectivity index (χ3n) is 4.57. The molecule has 0 bridgehead atoms. The van der Waals surface area contributed by atoms with Gasteiger partial charge in [0.25, 0.3) is 0 Å². The molecule has 24 heavy (non-hydrogen) atoms. The average Bonchev–Trinajstić information content (AvgIpc) is 3.08. The zero-order valence-corrected chi connectivity index (χ0v) is 13.1. The van der Waals surface area contributed by atoms with E-state index in [9.17, 15) is 4.79 Å². The number of rotatable bonds is 4. The van der Waals surface area contributed by atoms with E-state index >= 15 is 0 Å². The maximum Gasteiger partial charge on any atom is 0.239 e. The van der Waals surface area contributed by atoms with Crippen LogP contribution in [-0.2, 0) is 10.2 Å². The van der Waals surface area contributed by atoms with E-state index in [-0.39, 0.29) is 5.91 Å². The van der Waals surface area contributed by atoms with Gasteiger partial charge in [0.15, 0.2) is 5.82 Å². The summed E-state index contributed by atoms with van der Waals surface area (Å²) < 4.78 is 5.24. The molecular formula is C16H16N6O2. The van der Waals surface area contributed by atoms with E-state index in [1.165, 1.54) is 0 Å². The second kappa shape index (κ2) is 5.55. The van der Waals surface area contributed by atoms with Gasteiger partial charge in [-0.2, -0.15) is 10.2 Å². The fraction of sp³-hybridized carbons (Fsp3) is 0.312. The number of nitrogens with one attached hydrogen (secondary N) is 2. The van der Waals surface area contributed by atoms with E-state index < -0.39 is 5.41 Å². The molecule has 0 radical (unpaired) electrons. The molecular weight excluding hydrogens is 308 g/mol. The fourth-order valence-corrected chi connectivity index (χ4v) is 3.05. The Morgan fingerprint density at radius 3 is 2.83 bits per heavy atom. The first kappa shape index (κ1) is 14.6.